The number of aryl methyl sites for hydroxylation is 1. The van der Waals surface area contributed by atoms with Crippen molar-refractivity contribution in [1.82, 2.24) is 4.31 Å². The lowest BCUT2D eigenvalue weighted by atomic mass is 10.1. The second kappa shape index (κ2) is 6.69. The van der Waals surface area contributed by atoms with Crippen molar-refractivity contribution in [3.63, 3.8) is 0 Å². The zero-order chi connectivity index (χ0) is 15.5. The van der Waals surface area contributed by atoms with Crippen LogP contribution in [0.3, 0.4) is 0 Å². The number of rotatable bonds is 5. The van der Waals surface area contributed by atoms with Crippen molar-refractivity contribution < 1.29 is 8.42 Å². The molecule has 0 saturated carbocycles. The predicted molar refractivity (Wildman–Crippen MR) is 89.1 cm³/mol. The summed E-state index contributed by atoms with van der Waals surface area (Å²) in [5, 5.41) is 0. The zero-order valence-corrected chi connectivity index (χ0v) is 14.3. The van der Waals surface area contributed by atoms with Crippen LogP contribution in [0.2, 0.25) is 0 Å². The van der Waals surface area contributed by atoms with Crippen LogP contribution in [0, 0.1) is 0 Å². The van der Waals surface area contributed by atoms with Crippen LogP contribution < -0.4 is 5.73 Å². The third-order valence-electron chi connectivity index (χ3n) is 3.62. The van der Waals surface area contributed by atoms with Crippen LogP contribution in [0.25, 0.3) is 0 Å². The molecule has 2 rings (SSSR count). The summed E-state index contributed by atoms with van der Waals surface area (Å²) in [4.78, 5) is 0.390. The Bertz CT molecular complexity index is 568. The molecule has 21 heavy (non-hydrogen) atoms. The third kappa shape index (κ3) is 4.22. The minimum atomic E-state index is -3.38. The second-order valence-corrected chi connectivity index (χ2v) is 9.72. The Morgan fingerprint density at radius 1 is 1.29 bits per heavy atom. The van der Waals surface area contributed by atoms with E-state index in [0.29, 0.717) is 24.5 Å². The van der Waals surface area contributed by atoms with Crippen molar-refractivity contribution in [1.29, 1.82) is 0 Å². The summed E-state index contributed by atoms with van der Waals surface area (Å²) in [6.07, 6.45) is 1.81. The first kappa shape index (κ1) is 16.8. The molecule has 0 radical (unpaired) electrons. The summed E-state index contributed by atoms with van der Waals surface area (Å²) < 4.78 is 27.0. The number of nitrogens with zero attached hydrogens (tertiary/aromatic N) is 1. The Hall–Kier alpha value is -0.560. The first-order valence-electron chi connectivity index (χ1n) is 7.28. The maximum atomic E-state index is 12.7. The largest absolute Gasteiger partial charge is 0.330 e. The first-order valence-corrected chi connectivity index (χ1v) is 9.71. The van der Waals surface area contributed by atoms with Crippen LogP contribution in [0.4, 0.5) is 0 Å². The third-order valence-corrected chi connectivity index (χ3v) is 6.78. The minimum absolute atomic E-state index is 0.0214. The summed E-state index contributed by atoms with van der Waals surface area (Å²) >= 11 is 1.83. The predicted octanol–water partition coefficient (Wildman–Crippen LogP) is 2.09. The van der Waals surface area contributed by atoms with E-state index in [-0.39, 0.29) is 4.75 Å². The van der Waals surface area contributed by atoms with Gasteiger partial charge in [-0.3, -0.25) is 0 Å². The van der Waals surface area contributed by atoms with E-state index in [9.17, 15) is 8.42 Å². The topological polar surface area (TPSA) is 63.4 Å². The Morgan fingerprint density at radius 2 is 1.95 bits per heavy atom. The smallest absolute Gasteiger partial charge is 0.243 e. The van der Waals surface area contributed by atoms with Gasteiger partial charge < -0.3 is 5.73 Å². The lowest BCUT2D eigenvalue weighted by Crippen LogP contribution is -2.46. The molecule has 2 N–H and O–H groups in total. The van der Waals surface area contributed by atoms with E-state index in [1.807, 2.05) is 23.9 Å². The highest BCUT2D eigenvalue weighted by molar-refractivity contribution is 8.00. The van der Waals surface area contributed by atoms with Crippen molar-refractivity contribution in [3.8, 4) is 0 Å². The quantitative estimate of drug-likeness (QED) is 0.899. The molecule has 1 aliphatic heterocycles. The number of thioether (sulfide) groups is 1. The highest BCUT2D eigenvalue weighted by atomic mass is 32.2. The molecule has 0 aromatic heterocycles. The number of hydrogen-bond donors (Lipinski definition) is 1. The second-order valence-electron chi connectivity index (χ2n) is 5.98. The molecule has 0 bridgehead atoms. The molecule has 0 amide bonds. The standard InChI is InChI=1S/C15H24N2O2S2/c1-15(2)12-17(10-11-20-15)21(18,19)14-7-5-13(6-8-14)4-3-9-16/h5-8H,3-4,9-12,16H2,1-2H3. The number of nitrogens with two attached hydrogens (primary N) is 1. The van der Waals surface area contributed by atoms with Crippen LogP contribution in [-0.4, -0.2) is 42.9 Å². The van der Waals surface area contributed by atoms with Gasteiger partial charge in [-0.05, 0) is 50.9 Å². The van der Waals surface area contributed by atoms with Crippen LogP contribution in [-0.2, 0) is 16.4 Å². The average Bonchev–Trinajstić information content (AvgIpc) is 2.44. The van der Waals surface area contributed by atoms with Crippen molar-refractivity contribution >= 4 is 21.8 Å². The first-order chi connectivity index (χ1) is 9.85. The summed E-state index contributed by atoms with van der Waals surface area (Å²) in [6.45, 7) is 5.99. The summed E-state index contributed by atoms with van der Waals surface area (Å²) in [7, 11) is -3.38. The fourth-order valence-corrected chi connectivity index (χ4v) is 5.37. The molecule has 0 aliphatic carbocycles. The van der Waals surface area contributed by atoms with Crippen molar-refractivity contribution in [2.75, 3.05) is 25.4 Å². The van der Waals surface area contributed by atoms with E-state index < -0.39 is 10.0 Å². The maximum Gasteiger partial charge on any atom is 0.243 e. The maximum absolute atomic E-state index is 12.7. The van der Waals surface area contributed by atoms with Crippen molar-refractivity contribution in [3.05, 3.63) is 29.8 Å². The van der Waals surface area contributed by atoms with Gasteiger partial charge in [0.15, 0.2) is 0 Å². The molecule has 0 spiro atoms. The van der Waals surface area contributed by atoms with Gasteiger partial charge in [-0.15, -0.1) is 0 Å². The average molecular weight is 329 g/mol. The van der Waals surface area contributed by atoms with Crippen LogP contribution >= 0.6 is 11.8 Å². The molecule has 0 atom stereocenters. The van der Waals surface area contributed by atoms with Gasteiger partial charge in [-0.2, -0.15) is 16.1 Å². The molecule has 6 heteroatoms. The number of benzene rings is 1. The SMILES string of the molecule is CC1(C)CN(S(=O)(=O)c2ccc(CCCN)cc2)CCS1. The minimum Gasteiger partial charge on any atom is -0.330 e. The molecule has 1 fully saturated rings. The monoisotopic (exact) mass is 328 g/mol. The van der Waals surface area contributed by atoms with E-state index in [4.69, 9.17) is 5.73 Å². The molecular weight excluding hydrogens is 304 g/mol. The molecule has 1 aliphatic rings. The van der Waals surface area contributed by atoms with E-state index in [1.54, 1.807) is 16.4 Å². The van der Waals surface area contributed by atoms with Gasteiger partial charge in [0.1, 0.15) is 0 Å². The lowest BCUT2D eigenvalue weighted by molar-refractivity contribution is 0.387. The van der Waals surface area contributed by atoms with Gasteiger partial charge in [-0.25, -0.2) is 8.42 Å². The van der Waals surface area contributed by atoms with E-state index in [1.165, 1.54) is 0 Å². The van der Waals surface area contributed by atoms with Gasteiger partial charge >= 0.3 is 0 Å². The molecule has 118 valence electrons. The van der Waals surface area contributed by atoms with E-state index in [0.717, 1.165) is 24.2 Å². The molecule has 1 aromatic carbocycles. The van der Waals surface area contributed by atoms with Gasteiger partial charge in [0, 0.05) is 23.6 Å². The fraction of sp³-hybridized carbons (Fsp3) is 0.600. The Morgan fingerprint density at radius 3 is 2.52 bits per heavy atom. The molecule has 1 aromatic rings. The van der Waals surface area contributed by atoms with Crippen LogP contribution in [0.5, 0.6) is 0 Å². The Kier molecular flexibility index (Phi) is 5.35. The summed E-state index contributed by atoms with van der Waals surface area (Å²) in [6, 6.07) is 7.23. The summed E-state index contributed by atoms with van der Waals surface area (Å²) in [5.41, 5.74) is 6.63. The Labute approximate surface area is 132 Å². The van der Waals surface area contributed by atoms with Gasteiger partial charge in [0.2, 0.25) is 10.0 Å². The van der Waals surface area contributed by atoms with Crippen molar-refractivity contribution in [2.45, 2.75) is 36.3 Å². The van der Waals surface area contributed by atoms with E-state index in [2.05, 4.69) is 13.8 Å². The number of hydrogen-bond acceptors (Lipinski definition) is 4. The molecule has 1 heterocycles. The molecular formula is C15H24N2O2S2. The van der Waals surface area contributed by atoms with Crippen molar-refractivity contribution in [2.24, 2.45) is 5.73 Å². The van der Waals surface area contributed by atoms with Gasteiger partial charge in [0.05, 0.1) is 4.90 Å². The zero-order valence-electron chi connectivity index (χ0n) is 12.7. The van der Waals surface area contributed by atoms with Crippen LogP contribution in [0.15, 0.2) is 29.2 Å². The lowest BCUT2D eigenvalue weighted by Gasteiger charge is -2.36. The summed E-state index contributed by atoms with van der Waals surface area (Å²) in [5.74, 6) is 0.848. The van der Waals surface area contributed by atoms with Gasteiger partial charge in [0.25, 0.3) is 0 Å². The van der Waals surface area contributed by atoms with Crippen LogP contribution in [0.1, 0.15) is 25.8 Å². The van der Waals surface area contributed by atoms with Gasteiger partial charge in [-0.1, -0.05) is 12.1 Å². The number of sulfonamides is 1. The Balaban J connectivity index is 2.15. The fourth-order valence-electron chi connectivity index (χ4n) is 2.46. The normalized spacial score (nSPS) is 19.6. The molecule has 1 saturated heterocycles. The molecule has 0 unspecified atom stereocenters. The highest BCUT2D eigenvalue weighted by Gasteiger charge is 2.34. The molecule has 4 nitrogen and oxygen atoms in total. The highest BCUT2D eigenvalue weighted by Crippen LogP contribution is 2.32. The van der Waals surface area contributed by atoms with E-state index >= 15 is 0 Å².